The van der Waals surface area contributed by atoms with Crippen LogP contribution in [0.3, 0.4) is 0 Å². The predicted molar refractivity (Wildman–Crippen MR) is 70.1 cm³/mol. The van der Waals surface area contributed by atoms with E-state index in [1.807, 2.05) is 6.07 Å². The fourth-order valence-electron chi connectivity index (χ4n) is 2.10. The SMILES string of the molecule is CCCCCN(C)Cc1cc2c(cc1O)OCO2. The van der Waals surface area contributed by atoms with Crippen molar-refractivity contribution in [3.63, 3.8) is 0 Å². The van der Waals surface area contributed by atoms with Crippen molar-refractivity contribution in [1.29, 1.82) is 0 Å². The van der Waals surface area contributed by atoms with Crippen molar-refractivity contribution in [2.45, 2.75) is 32.7 Å². The quantitative estimate of drug-likeness (QED) is 0.789. The second kappa shape index (κ2) is 5.96. The number of phenols is 1. The lowest BCUT2D eigenvalue weighted by atomic mass is 10.1. The first kappa shape index (κ1) is 13.0. The van der Waals surface area contributed by atoms with Crippen LogP contribution < -0.4 is 9.47 Å². The molecule has 0 bridgehead atoms. The zero-order chi connectivity index (χ0) is 13.0. The fourth-order valence-corrected chi connectivity index (χ4v) is 2.10. The highest BCUT2D eigenvalue weighted by molar-refractivity contribution is 5.51. The topological polar surface area (TPSA) is 41.9 Å². The summed E-state index contributed by atoms with van der Waals surface area (Å²) < 4.78 is 10.5. The van der Waals surface area contributed by atoms with Crippen LogP contribution in [0.1, 0.15) is 31.7 Å². The molecule has 1 N–H and O–H groups in total. The fraction of sp³-hybridized carbons (Fsp3) is 0.571. The highest BCUT2D eigenvalue weighted by Crippen LogP contribution is 2.37. The Hall–Kier alpha value is -1.42. The van der Waals surface area contributed by atoms with E-state index in [9.17, 15) is 5.11 Å². The summed E-state index contributed by atoms with van der Waals surface area (Å²) in [5, 5.41) is 9.93. The van der Waals surface area contributed by atoms with Crippen molar-refractivity contribution in [3.8, 4) is 17.2 Å². The summed E-state index contributed by atoms with van der Waals surface area (Å²) in [5.41, 5.74) is 0.887. The molecule has 0 saturated heterocycles. The molecule has 100 valence electrons. The van der Waals surface area contributed by atoms with E-state index in [0.717, 1.165) is 24.4 Å². The van der Waals surface area contributed by atoms with Gasteiger partial charge in [0.15, 0.2) is 11.5 Å². The van der Waals surface area contributed by atoms with Gasteiger partial charge in [0.1, 0.15) is 5.75 Å². The number of aromatic hydroxyl groups is 1. The van der Waals surface area contributed by atoms with E-state index in [0.29, 0.717) is 5.75 Å². The normalized spacial score (nSPS) is 13.3. The molecule has 0 aliphatic carbocycles. The van der Waals surface area contributed by atoms with Gasteiger partial charge in [-0.3, -0.25) is 0 Å². The Morgan fingerprint density at radius 2 is 1.94 bits per heavy atom. The minimum atomic E-state index is 0.241. The van der Waals surface area contributed by atoms with Crippen molar-refractivity contribution in [2.75, 3.05) is 20.4 Å². The number of fused-ring (bicyclic) bond motifs is 1. The number of benzene rings is 1. The van der Waals surface area contributed by atoms with E-state index in [4.69, 9.17) is 9.47 Å². The van der Waals surface area contributed by atoms with Crippen molar-refractivity contribution < 1.29 is 14.6 Å². The summed E-state index contributed by atoms with van der Waals surface area (Å²) >= 11 is 0. The maximum atomic E-state index is 9.93. The monoisotopic (exact) mass is 251 g/mol. The lowest BCUT2D eigenvalue weighted by Gasteiger charge is -2.17. The van der Waals surface area contributed by atoms with Crippen LogP contribution in [0, 0.1) is 0 Å². The van der Waals surface area contributed by atoms with Gasteiger partial charge in [0.05, 0.1) is 0 Å². The van der Waals surface area contributed by atoms with Gasteiger partial charge in [-0.2, -0.15) is 0 Å². The Balaban J connectivity index is 1.96. The molecule has 1 heterocycles. The van der Waals surface area contributed by atoms with Crippen LogP contribution in [0.2, 0.25) is 0 Å². The molecule has 0 amide bonds. The van der Waals surface area contributed by atoms with Crippen LogP contribution in [0.4, 0.5) is 0 Å². The molecule has 1 aliphatic heterocycles. The van der Waals surface area contributed by atoms with Crippen LogP contribution >= 0.6 is 0 Å². The third kappa shape index (κ3) is 3.07. The molecular formula is C14H21NO3. The molecule has 18 heavy (non-hydrogen) atoms. The lowest BCUT2D eigenvalue weighted by Crippen LogP contribution is -2.19. The van der Waals surface area contributed by atoms with Gasteiger partial charge in [0, 0.05) is 18.2 Å². The maximum Gasteiger partial charge on any atom is 0.231 e. The highest BCUT2D eigenvalue weighted by Gasteiger charge is 2.17. The van der Waals surface area contributed by atoms with Crippen molar-refractivity contribution >= 4 is 0 Å². The van der Waals surface area contributed by atoms with E-state index in [1.165, 1.54) is 19.3 Å². The first-order chi connectivity index (χ1) is 8.70. The number of hydrogen-bond acceptors (Lipinski definition) is 4. The molecule has 0 saturated carbocycles. The van der Waals surface area contributed by atoms with Gasteiger partial charge in [-0.1, -0.05) is 19.8 Å². The molecule has 4 nitrogen and oxygen atoms in total. The summed E-state index contributed by atoms with van der Waals surface area (Å²) in [7, 11) is 2.07. The molecule has 0 aromatic heterocycles. The van der Waals surface area contributed by atoms with Gasteiger partial charge in [0.25, 0.3) is 0 Å². The van der Waals surface area contributed by atoms with Gasteiger partial charge < -0.3 is 19.5 Å². The molecule has 0 atom stereocenters. The number of rotatable bonds is 6. The first-order valence-electron chi connectivity index (χ1n) is 6.50. The number of hydrogen-bond donors (Lipinski definition) is 1. The van der Waals surface area contributed by atoms with Crippen LogP contribution in [0.25, 0.3) is 0 Å². The Bertz CT molecular complexity index is 406. The number of phenolic OH excluding ortho intramolecular Hbond substituents is 1. The smallest absolute Gasteiger partial charge is 0.231 e. The van der Waals surface area contributed by atoms with Crippen molar-refractivity contribution in [2.24, 2.45) is 0 Å². The van der Waals surface area contributed by atoms with Crippen LogP contribution in [0.5, 0.6) is 17.2 Å². The van der Waals surface area contributed by atoms with E-state index in [1.54, 1.807) is 6.07 Å². The molecule has 4 heteroatoms. The molecule has 1 aromatic rings. The molecule has 0 radical (unpaired) electrons. The molecule has 1 aromatic carbocycles. The molecule has 1 aliphatic rings. The average molecular weight is 251 g/mol. The molecule has 0 spiro atoms. The van der Waals surface area contributed by atoms with E-state index >= 15 is 0 Å². The minimum absolute atomic E-state index is 0.241. The molecule has 0 fully saturated rings. The third-order valence-electron chi connectivity index (χ3n) is 3.16. The zero-order valence-corrected chi connectivity index (χ0v) is 11.1. The predicted octanol–water partition coefficient (Wildman–Crippen LogP) is 2.74. The number of nitrogens with zero attached hydrogens (tertiary/aromatic N) is 1. The van der Waals surface area contributed by atoms with E-state index in [-0.39, 0.29) is 12.5 Å². The van der Waals surface area contributed by atoms with Crippen LogP contribution in [-0.2, 0) is 6.54 Å². The molecule has 2 rings (SSSR count). The average Bonchev–Trinajstić information content (AvgIpc) is 2.77. The largest absolute Gasteiger partial charge is 0.507 e. The lowest BCUT2D eigenvalue weighted by molar-refractivity contribution is 0.174. The molecule has 0 unspecified atom stereocenters. The van der Waals surface area contributed by atoms with Gasteiger partial charge in [-0.15, -0.1) is 0 Å². The van der Waals surface area contributed by atoms with Crippen molar-refractivity contribution in [1.82, 2.24) is 4.90 Å². The van der Waals surface area contributed by atoms with Gasteiger partial charge in [-0.25, -0.2) is 0 Å². The Kier molecular flexibility index (Phi) is 4.31. The number of ether oxygens (including phenoxy) is 2. The van der Waals surface area contributed by atoms with Gasteiger partial charge in [-0.05, 0) is 26.1 Å². The summed E-state index contributed by atoms with van der Waals surface area (Å²) in [6, 6.07) is 3.51. The Morgan fingerprint density at radius 1 is 1.22 bits per heavy atom. The van der Waals surface area contributed by atoms with Gasteiger partial charge >= 0.3 is 0 Å². The third-order valence-corrected chi connectivity index (χ3v) is 3.16. The van der Waals surface area contributed by atoms with Crippen LogP contribution in [-0.4, -0.2) is 30.4 Å². The summed E-state index contributed by atoms with van der Waals surface area (Å²) in [6.07, 6.45) is 3.67. The Labute approximate surface area is 108 Å². The summed E-state index contributed by atoms with van der Waals surface area (Å²) in [5.74, 6) is 1.64. The van der Waals surface area contributed by atoms with Gasteiger partial charge in [0.2, 0.25) is 6.79 Å². The van der Waals surface area contributed by atoms with E-state index in [2.05, 4.69) is 18.9 Å². The standard InChI is InChI=1S/C14H21NO3/c1-3-4-5-6-15(2)9-11-7-13-14(8-12(11)16)18-10-17-13/h7-8,16H,3-6,9-10H2,1-2H3. The zero-order valence-electron chi connectivity index (χ0n) is 11.1. The van der Waals surface area contributed by atoms with Crippen LogP contribution in [0.15, 0.2) is 12.1 Å². The van der Waals surface area contributed by atoms with Crippen molar-refractivity contribution in [3.05, 3.63) is 17.7 Å². The van der Waals surface area contributed by atoms with E-state index < -0.39 is 0 Å². The second-order valence-corrected chi connectivity index (χ2v) is 4.78. The summed E-state index contributed by atoms with van der Waals surface area (Å²) in [6.45, 7) is 4.21. The highest BCUT2D eigenvalue weighted by atomic mass is 16.7. The Morgan fingerprint density at radius 3 is 2.67 bits per heavy atom. The first-order valence-corrected chi connectivity index (χ1v) is 6.50. The summed E-state index contributed by atoms with van der Waals surface area (Å²) in [4.78, 5) is 2.22. The number of unbranched alkanes of at least 4 members (excludes halogenated alkanes) is 2. The minimum Gasteiger partial charge on any atom is -0.507 e. The maximum absolute atomic E-state index is 9.93. The second-order valence-electron chi connectivity index (χ2n) is 4.78. The molecular weight excluding hydrogens is 230 g/mol.